The minimum absolute atomic E-state index is 0.0716. The van der Waals surface area contributed by atoms with E-state index in [0.29, 0.717) is 12.3 Å². The molecule has 0 aliphatic carbocycles. The van der Waals surface area contributed by atoms with E-state index in [1.165, 1.54) is 6.92 Å². The standard InChI is InChI=1S/C10H19ClO3/c1-8(12)6-9(2,3)13-14-10(4,5)7-11/h6-7H2,1-5H3. The molecule has 0 saturated heterocycles. The molecule has 0 amide bonds. The summed E-state index contributed by atoms with van der Waals surface area (Å²) in [6, 6.07) is 0. The maximum atomic E-state index is 10.9. The highest BCUT2D eigenvalue weighted by Crippen LogP contribution is 2.20. The van der Waals surface area contributed by atoms with Crippen LogP contribution < -0.4 is 0 Å². The molecular weight excluding hydrogens is 204 g/mol. The van der Waals surface area contributed by atoms with E-state index in [4.69, 9.17) is 21.4 Å². The van der Waals surface area contributed by atoms with Gasteiger partial charge in [-0.05, 0) is 34.6 Å². The molecule has 0 spiro atoms. The minimum atomic E-state index is -0.602. The topological polar surface area (TPSA) is 35.5 Å². The highest BCUT2D eigenvalue weighted by atomic mass is 35.5. The van der Waals surface area contributed by atoms with Gasteiger partial charge in [0.1, 0.15) is 17.0 Å². The average molecular weight is 223 g/mol. The van der Waals surface area contributed by atoms with Crippen molar-refractivity contribution in [2.45, 2.75) is 52.2 Å². The molecule has 0 atom stereocenters. The highest BCUT2D eigenvalue weighted by molar-refractivity contribution is 6.18. The molecule has 0 fully saturated rings. The van der Waals surface area contributed by atoms with Gasteiger partial charge in [0.05, 0.1) is 5.88 Å². The van der Waals surface area contributed by atoms with Gasteiger partial charge in [0.2, 0.25) is 0 Å². The number of hydrogen-bond acceptors (Lipinski definition) is 3. The summed E-state index contributed by atoms with van der Waals surface area (Å²) in [5.74, 6) is 0.408. The smallest absolute Gasteiger partial charge is 0.132 e. The van der Waals surface area contributed by atoms with Gasteiger partial charge in [0.15, 0.2) is 0 Å². The van der Waals surface area contributed by atoms with Gasteiger partial charge in [-0.2, -0.15) is 0 Å². The Morgan fingerprint density at radius 3 is 1.93 bits per heavy atom. The summed E-state index contributed by atoms with van der Waals surface area (Å²) in [7, 11) is 0. The van der Waals surface area contributed by atoms with E-state index in [-0.39, 0.29) is 5.78 Å². The van der Waals surface area contributed by atoms with Gasteiger partial charge in [-0.25, -0.2) is 9.78 Å². The van der Waals surface area contributed by atoms with Gasteiger partial charge in [-0.3, -0.25) is 4.79 Å². The number of ketones is 1. The third kappa shape index (κ3) is 6.35. The van der Waals surface area contributed by atoms with E-state index in [1.807, 2.05) is 13.8 Å². The zero-order chi connectivity index (χ0) is 11.4. The molecule has 0 bridgehead atoms. The first-order valence-corrected chi connectivity index (χ1v) is 5.14. The number of carbonyl (C=O) groups is 1. The van der Waals surface area contributed by atoms with Crippen molar-refractivity contribution in [2.75, 3.05) is 5.88 Å². The summed E-state index contributed by atoms with van der Waals surface area (Å²) in [6.45, 7) is 8.78. The predicted molar refractivity (Wildman–Crippen MR) is 56.3 cm³/mol. The van der Waals surface area contributed by atoms with Crippen LogP contribution >= 0.6 is 11.6 Å². The Morgan fingerprint density at radius 1 is 1.14 bits per heavy atom. The number of carbonyl (C=O) groups excluding carboxylic acids is 1. The van der Waals surface area contributed by atoms with Crippen LogP contribution in [0.25, 0.3) is 0 Å². The van der Waals surface area contributed by atoms with Crippen molar-refractivity contribution < 1.29 is 14.6 Å². The van der Waals surface area contributed by atoms with Crippen molar-refractivity contribution in [3.8, 4) is 0 Å². The molecule has 0 radical (unpaired) electrons. The van der Waals surface area contributed by atoms with Crippen LogP contribution in [0.15, 0.2) is 0 Å². The molecule has 0 aromatic rings. The maximum absolute atomic E-state index is 10.9. The predicted octanol–water partition coefficient (Wildman–Crippen LogP) is 2.71. The Balaban J connectivity index is 4.04. The molecule has 84 valence electrons. The molecule has 14 heavy (non-hydrogen) atoms. The lowest BCUT2D eigenvalue weighted by Crippen LogP contribution is -2.34. The van der Waals surface area contributed by atoms with Crippen LogP contribution in [0, 0.1) is 0 Å². The zero-order valence-corrected chi connectivity index (χ0v) is 10.3. The number of alkyl halides is 1. The monoisotopic (exact) mass is 222 g/mol. The van der Waals surface area contributed by atoms with E-state index in [1.54, 1.807) is 13.8 Å². The molecule has 0 saturated carbocycles. The third-order valence-electron chi connectivity index (χ3n) is 1.49. The Kier molecular flexibility index (Phi) is 5.06. The number of Topliss-reactive ketones (excluding diaryl/α,β-unsaturated/α-hetero) is 1. The van der Waals surface area contributed by atoms with Gasteiger partial charge in [0, 0.05) is 6.42 Å². The fourth-order valence-corrected chi connectivity index (χ4v) is 0.921. The van der Waals surface area contributed by atoms with E-state index in [2.05, 4.69) is 0 Å². The Bertz CT molecular complexity index is 200. The molecule has 0 heterocycles. The van der Waals surface area contributed by atoms with Crippen LogP contribution in [0.2, 0.25) is 0 Å². The summed E-state index contributed by atoms with van der Waals surface area (Å²) in [5.41, 5.74) is -1.13. The Labute approximate surface area is 90.6 Å². The fourth-order valence-electron chi connectivity index (χ4n) is 0.877. The van der Waals surface area contributed by atoms with Crippen LogP contribution in [0.4, 0.5) is 0 Å². The van der Waals surface area contributed by atoms with Gasteiger partial charge in [0.25, 0.3) is 0 Å². The molecule has 0 unspecified atom stereocenters. The summed E-state index contributed by atoms with van der Waals surface area (Å²) in [4.78, 5) is 21.2. The average Bonchev–Trinajstić information content (AvgIpc) is 1.99. The summed E-state index contributed by atoms with van der Waals surface area (Å²) in [5, 5.41) is 0. The third-order valence-corrected chi connectivity index (χ3v) is 2.13. The van der Waals surface area contributed by atoms with Gasteiger partial charge in [-0.1, -0.05) is 0 Å². The van der Waals surface area contributed by atoms with Crippen LogP contribution in [-0.4, -0.2) is 22.9 Å². The largest absolute Gasteiger partial charge is 0.300 e. The summed E-state index contributed by atoms with van der Waals surface area (Å²) in [6.07, 6.45) is 0.325. The van der Waals surface area contributed by atoms with Crippen LogP contribution in [0.1, 0.15) is 41.0 Å². The second kappa shape index (κ2) is 5.10. The second-order valence-electron chi connectivity index (χ2n) is 4.70. The minimum Gasteiger partial charge on any atom is -0.300 e. The normalized spacial score (nSPS) is 13.0. The second-order valence-corrected chi connectivity index (χ2v) is 4.97. The van der Waals surface area contributed by atoms with E-state index < -0.39 is 11.2 Å². The fraction of sp³-hybridized carbons (Fsp3) is 0.900. The first-order valence-electron chi connectivity index (χ1n) is 4.61. The van der Waals surface area contributed by atoms with Gasteiger partial charge in [-0.15, -0.1) is 11.6 Å². The summed E-state index contributed by atoms with van der Waals surface area (Å²) < 4.78 is 0. The molecule has 3 nitrogen and oxygen atoms in total. The van der Waals surface area contributed by atoms with Crippen LogP contribution in [0.3, 0.4) is 0 Å². The number of halogens is 1. The lowest BCUT2D eigenvalue weighted by Gasteiger charge is -2.28. The van der Waals surface area contributed by atoms with Crippen molar-refractivity contribution in [3.05, 3.63) is 0 Å². The Morgan fingerprint density at radius 2 is 1.57 bits per heavy atom. The summed E-state index contributed by atoms with van der Waals surface area (Å²) >= 11 is 5.66. The van der Waals surface area contributed by atoms with Crippen LogP contribution in [0.5, 0.6) is 0 Å². The molecule has 0 aromatic heterocycles. The maximum Gasteiger partial charge on any atom is 0.132 e. The number of hydrogen-bond donors (Lipinski definition) is 0. The van der Waals surface area contributed by atoms with Crippen LogP contribution in [-0.2, 0) is 14.6 Å². The zero-order valence-electron chi connectivity index (χ0n) is 9.52. The molecule has 0 rings (SSSR count). The van der Waals surface area contributed by atoms with Gasteiger partial charge >= 0.3 is 0 Å². The molecule has 0 aliphatic heterocycles. The van der Waals surface area contributed by atoms with Crippen molar-refractivity contribution >= 4 is 17.4 Å². The molecule has 0 aromatic carbocycles. The van der Waals surface area contributed by atoms with Crippen molar-refractivity contribution in [1.82, 2.24) is 0 Å². The van der Waals surface area contributed by atoms with Crippen molar-refractivity contribution in [3.63, 3.8) is 0 Å². The Hall–Kier alpha value is -0.120. The molecule has 4 heteroatoms. The molecule has 0 aliphatic rings. The lowest BCUT2D eigenvalue weighted by molar-refractivity contribution is -0.395. The molecular formula is C10H19ClO3. The first kappa shape index (κ1) is 13.9. The SMILES string of the molecule is CC(=O)CC(C)(C)OOC(C)(C)CCl. The van der Waals surface area contributed by atoms with Crippen molar-refractivity contribution in [1.29, 1.82) is 0 Å². The van der Waals surface area contributed by atoms with E-state index in [9.17, 15) is 4.79 Å². The number of rotatable bonds is 6. The van der Waals surface area contributed by atoms with Gasteiger partial charge < -0.3 is 0 Å². The van der Waals surface area contributed by atoms with E-state index >= 15 is 0 Å². The first-order chi connectivity index (χ1) is 6.18. The van der Waals surface area contributed by atoms with E-state index in [0.717, 1.165) is 0 Å². The highest BCUT2D eigenvalue weighted by Gasteiger charge is 2.27. The lowest BCUT2D eigenvalue weighted by atomic mass is 10.0. The molecule has 0 N–H and O–H groups in total. The quantitative estimate of drug-likeness (QED) is 0.394. The van der Waals surface area contributed by atoms with Crippen molar-refractivity contribution in [2.24, 2.45) is 0 Å².